The van der Waals surface area contributed by atoms with Crippen molar-refractivity contribution < 1.29 is 14.9 Å². The Kier molecular flexibility index (Phi) is 6.38. The molecule has 1 aromatic rings. The molecule has 4 aliphatic rings. The quantitative estimate of drug-likeness (QED) is 0.598. The van der Waals surface area contributed by atoms with Gasteiger partial charge in [0, 0.05) is 13.3 Å². The number of methoxy groups -OCH3 is 1. The van der Waals surface area contributed by atoms with Crippen LogP contribution in [0.25, 0.3) is 0 Å². The third-order valence-corrected chi connectivity index (χ3v) is 11.6. The minimum absolute atomic E-state index is 0.142. The third-order valence-electron chi connectivity index (χ3n) is 11.6. The number of ether oxygens (including phenoxy) is 1. The zero-order valence-electron chi connectivity index (χ0n) is 22.2. The van der Waals surface area contributed by atoms with E-state index < -0.39 is 11.2 Å². The second-order valence-corrected chi connectivity index (χ2v) is 13.2. The maximum atomic E-state index is 11.8. The van der Waals surface area contributed by atoms with E-state index in [9.17, 15) is 10.2 Å². The first-order chi connectivity index (χ1) is 16.6. The molecule has 0 saturated heterocycles. The second kappa shape index (κ2) is 8.85. The van der Waals surface area contributed by atoms with Crippen molar-refractivity contribution in [2.24, 2.45) is 40.4 Å². The van der Waals surface area contributed by atoms with E-state index in [1.165, 1.54) is 38.5 Å². The lowest BCUT2D eigenvalue weighted by Gasteiger charge is -2.63. The molecule has 1 heterocycles. The van der Waals surface area contributed by atoms with Crippen LogP contribution in [0.5, 0.6) is 0 Å². The molecule has 0 aliphatic heterocycles. The fraction of sp³-hybridized carbons (Fsp3) is 0.862. The number of aromatic nitrogens is 2. The molecule has 0 amide bonds. The van der Waals surface area contributed by atoms with Crippen LogP contribution in [0.4, 0.5) is 0 Å². The van der Waals surface area contributed by atoms with Gasteiger partial charge in [0.05, 0.1) is 36.1 Å². The summed E-state index contributed by atoms with van der Waals surface area (Å²) in [7, 11) is 1.71. The van der Waals surface area contributed by atoms with Gasteiger partial charge in [-0.2, -0.15) is 10.4 Å². The van der Waals surface area contributed by atoms with Crippen LogP contribution in [0.15, 0.2) is 12.4 Å². The van der Waals surface area contributed by atoms with Crippen LogP contribution < -0.4 is 0 Å². The monoisotopic (exact) mass is 483 g/mol. The molecule has 9 atom stereocenters. The molecule has 1 unspecified atom stereocenters. The molecule has 0 bridgehead atoms. The first kappa shape index (κ1) is 25.2. The third kappa shape index (κ3) is 3.97. The van der Waals surface area contributed by atoms with Crippen molar-refractivity contribution in [1.82, 2.24) is 9.78 Å². The first-order valence-corrected chi connectivity index (χ1v) is 14.0. The van der Waals surface area contributed by atoms with Crippen molar-refractivity contribution in [1.29, 1.82) is 5.26 Å². The fourth-order valence-corrected chi connectivity index (χ4v) is 10.2. The summed E-state index contributed by atoms with van der Waals surface area (Å²) >= 11 is 0. The Morgan fingerprint density at radius 2 is 2.00 bits per heavy atom. The molecular formula is C29H45N3O3. The topological polar surface area (TPSA) is 91.3 Å². The highest BCUT2D eigenvalue weighted by Crippen LogP contribution is 2.69. The number of aliphatic hydroxyl groups is 2. The molecular weight excluding hydrogens is 438 g/mol. The van der Waals surface area contributed by atoms with Gasteiger partial charge in [-0.1, -0.05) is 13.8 Å². The first-order valence-electron chi connectivity index (χ1n) is 14.0. The van der Waals surface area contributed by atoms with E-state index in [0.717, 1.165) is 37.5 Å². The number of rotatable bonds is 6. The number of hydrogen-bond acceptors (Lipinski definition) is 5. The van der Waals surface area contributed by atoms with Gasteiger partial charge in [0.2, 0.25) is 0 Å². The van der Waals surface area contributed by atoms with Crippen LogP contribution in [-0.2, 0) is 11.3 Å². The highest BCUT2D eigenvalue weighted by Gasteiger charge is 2.63. The highest BCUT2D eigenvalue weighted by molar-refractivity contribution is 5.22. The van der Waals surface area contributed by atoms with Crippen molar-refractivity contribution in [3.05, 3.63) is 18.0 Å². The molecule has 4 fully saturated rings. The summed E-state index contributed by atoms with van der Waals surface area (Å²) in [5.41, 5.74) is -0.459. The largest absolute Gasteiger partial charge is 0.388 e. The Labute approximate surface area is 211 Å². The maximum absolute atomic E-state index is 11.8. The molecule has 35 heavy (non-hydrogen) atoms. The van der Waals surface area contributed by atoms with E-state index in [0.29, 0.717) is 36.0 Å². The predicted molar refractivity (Wildman–Crippen MR) is 134 cm³/mol. The van der Waals surface area contributed by atoms with Gasteiger partial charge in [0.1, 0.15) is 6.07 Å². The van der Waals surface area contributed by atoms with E-state index in [1.807, 2.05) is 6.92 Å². The Balaban J connectivity index is 1.36. The van der Waals surface area contributed by atoms with E-state index in [-0.39, 0.29) is 11.3 Å². The zero-order valence-corrected chi connectivity index (χ0v) is 22.2. The van der Waals surface area contributed by atoms with Crippen LogP contribution >= 0.6 is 0 Å². The highest BCUT2D eigenvalue weighted by atomic mass is 16.5. The van der Waals surface area contributed by atoms with Crippen LogP contribution in [-0.4, -0.2) is 44.9 Å². The molecule has 6 nitrogen and oxygen atoms in total. The summed E-state index contributed by atoms with van der Waals surface area (Å²) < 4.78 is 7.16. The minimum atomic E-state index is -0.851. The predicted octanol–water partition coefficient (Wildman–Crippen LogP) is 4.93. The van der Waals surface area contributed by atoms with Crippen molar-refractivity contribution in [3.8, 4) is 6.07 Å². The maximum Gasteiger partial charge on any atom is 0.102 e. The lowest BCUT2D eigenvalue weighted by Crippen LogP contribution is -2.58. The Morgan fingerprint density at radius 3 is 2.69 bits per heavy atom. The van der Waals surface area contributed by atoms with E-state index >= 15 is 0 Å². The van der Waals surface area contributed by atoms with Crippen molar-refractivity contribution in [2.45, 2.75) is 103 Å². The van der Waals surface area contributed by atoms with Gasteiger partial charge < -0.3 is 14.9 Å². The molecule has 0 spiro atoms. The summed E-state index contributed by atoms with van der Waals surface area (Å²) in [6.07, 6.45) is 14.6. The summed E-state index contributed by atoms with van der Waals surface area (Å²) in [6.45, 7) is 7.75. The molecule has 194 valence electrons. The molecule has 0 aromatic carbocycles. The van der Waals surface area contributed by atoms with Gasteiger partial charge in [-0.15, -0.1) is 0 Å². The van der Waals surface area contributed by atoms with Gasteiger partial charge in [0.25, 0.3) is 0 Å². The van der Waals surface area contributed by atoms with Gasteiger partial charge >= 0.3 is 0 Å². The van der Waals surface area contributed by atoms with Gasteiger partial charge in [-0.05, 0) is 112 Å². The smallest absolute Gasteiger partial charge is 0.102 e. The van der Waals surface area contributed by atoms with Crippen LogP contribution in [0, 0.1) is 51.8 Å². The molecule has 1 aromatic heterocycles. The van der Waals surface area contributed by atoms with Gasteiger partial charge in [-0.25, -0.2) is 0 Å². The SMILES string of the molecule is CC[C@]12CC[C@](O)(COC)C[C@H]1CC[C@H]1[C@@H]3CC[C@H](C(C)(O)Cn4cc(C#N)cn4)[C@@]3(C)CC[C@@H]12. The summed E-state index contributed by atoms with van der Waals surface area (Å²) in [5.74, 6) is 2.97. The van der Waals surface area contributed by atoms with Crippen molar-refractivity contribution >= 4 is 0 Å². The Hall–Kier alpha value is -1.42. The van der Waals surface area contributed by atoms with Crippen molar-refractivity contribution in [2.75, 3.05) is 13.7 Å². The van der Waals surface area contributed by atoms with Crippen LogP contribution in [0.1, 0.15) is 90.5 Å². The number of fused-ring (bicyclic) bond motifs is 5. The summed E-state index contributed by atoms with van der Waals surface area (Å²) in [5, 5.41) is 36.4. The van der Waals surface area contributed by atoms with Gasteiger partial charge in [0.15, 0.2) is 0 Å². The van der Waals surface area contributed by atoms with Crippen LogP contribution in [0.3, 0.4) is 0 Å². The molecule has 0 radical (unpaired) electrons. The Bertz CT molecular complexity index is 969. The number of nitrogens with zero attached hydrogens (tertiary/aromatic N) is 3. The number of hydrogen-bond donors (Lipinski definition) is 2. The molecule has 4 saturated carbocycles. The van der Waals surface area contributed by atoms with E-state index in [1.54, 1.807) is 24.2 Å². The Morgan fingerprint density at radius 1 is 1.20 bits per heavy atom. The molecule has 4 aliphatic carbocycles. The minimum Gasteiger partial charge on any atom is -0.388 e. The lowest BCUT2D eigenvalue weighted by atomic mass is 9.42. The molecule has 2 N–H and O–H groups in total. The van der Waals surface area contributed by atoms with E-state index in [2.05, 4.69) is 25.0 Å². The average Bonchev–Trinajstić information content (AvgIpc) is 3.42. The van der Waals surface area contributed by atoms with Crippen molar-refractivity contribution in [3.63, 3.8) is 0 Å². The standard InChI is InChI=1S/C29H45N3O3/c1-5-29-13-12-28(34,19-35-4)14-21(29)6-7-22-23-8-9-25(26(23,2)11-10-24(22)29)27(3,33)18-32-17-20(15-30)16-31-32/h16-17,21-25,33-34H,5-14,18-19H2,1-4H3/t21-,22+,23+,24+,25+,26+,27?,28-,29+/m1/s1. The van der Waals surface area contributed by atoms with Crippen LogP contribution in [0.2, 0.25) is 0 Å². The lowest BCUT2D eigenvalue weighted by molar-refractivity contribution is -0.177. The normalized spacial score (nSPS) is 44.5. The summed E-state index contributed by atoms with van der Waals surface area (Å²) in [6, 6.07) is 2.14. The van der Waals surface area contributed by atoms with E-state index in [4.69, 9.17) is 10.00 Å². The molecule has 6 heteroatoms. The summed E-state index contributed by atoms with van der Waals surface area (Å²) in [4.78, 5) is 0. The second-order valence-electron chi connectivity index (χ2n) is 13.2. The average molecular weight is 484 g/mol. The molecule has 5 rings (SSSR count). The van der Waals surface area contributed by atoms with Gasteiger partial charge in [-0.3, -0.25) is 4.68 Å². The zero-order chi connectivity index (χ0) is 25.1. The number of nitriles is 1. The fourth-order valence-electron chi connectivity index (χ4n) is 10.2.